The smallest absolute Gasteiger partial charge is 0.284 e. The largest absolute Gasteiger partial charge is 0.454 e. The van der Waals surface area contributed by atoms with Crippen LogP contribution in [0.2, 0.25) is 5.02 Å². The number of guanidine groups is 1. The monoisotopic (exact) mass is 503 g/mol. The number of aliphatic imine (C=N–C) groups is 1. The van der Waals surface area contributed by atoms with E-state index in [0.717, 1.165) is 42.8 Å². The first kappa shape index (κ1) is 21.4. The summed E-state index contributed by atoms with van der Waals surface area (Å²) in [7, 11) is 1.75. The number of benzene rings is 1. The minimum absolute atomic E-state index is 0. The van der Waals surface area contributed by atoms with Crippen LogP contribution in [-0.2, 0) is 6.54 Å². The van der Waals surface area contributed by atoms with Crippen molar-refractivity contribution in [2.24, 2.45) is 10.7 Å². The number of hydrogen-bond donors (Lipinski definition) is 2. The third kappa shape index (κ3) is 5.52. The lowest BCUT2D eigenvalue weighted by atomic mass is 10.2. The maximum atomic E-state index is 11.1. The number of amides is 1. The topological polar surface area (TPSA) is 87.1 Å². The number of nitrogens with two attached hydrogens (primary N) is 1. The van der Waals surface area contributed by atoms with Gasteiger partial charge < -0.3 is 25.3 Å². The molecule has 1 aromatic heterocycles. The van der Waals surface area contributed by atoms with Crippen LogP contribution in [0.4, 0.5) is 5.69 Å². The van der Waals surface area contributed by atoms with Gasteiger partial charge in [0.15, 0.2) is 11.7 Å². The Bertz CT molecular complexity index is 803. The number of rotatable bonds is 4. The van der Waals surface area contributed by atoms with Crippen molar-refractivity contribution in [3.63, 3.8) is 0 Å². The Morgan fingerprint density at radius 2 is 2.00 bits per heavy atom. The van der Waals surface area contributed by atoms with E-state index in [1.807, 2.05) is 18.2 Å². The highest BCUT2D eigenvalue weighted by molar-refractivity contribution is 14.0. The first-order chi connectivity index (χ1) is 12.6. The highest BCUT2D eigenvalue weighted by atomic mass is 127. The van der Waals surface area contributed by atoms with Crippen LogP contribution >= 0.6 is 35.6 Å². The van der Waals surface area contributed by atoms with Crippen molar-refractivity contribution in [2.45, 2.75) is 6.54 Å². The van der Waals surface area contributed by atoms with Crippen LogP contribution in [0.5, 0.6) is 0 Å². The summed E-state index contributed by atoms with van der Waals surface area (Å²) in [5.74, 6) is 1.02. The summed E-state index contributed by atoms with van der Waals surface area (Å²) < 4.78 is 5.38. The number of carbonyl (C=O) groups excluding carboxylic acids is 1. The van der Waals surface area contributed by atoms with Crippen molar-refractivity contribution in [2.75, 3.05) is 38.1 Å². The first-order valence-corrected chi connectivity index (χ1v) is 8.79. The Hall–Kier alpha value is -1.94. The van der Waals surface area contributed by atoms with Gasteiger partial charge in [-0.3, -0.25) is 9.79 Å². The summed E-state index contributed by atoms with van der Waals surface area (Å²) in [6.07, 6.45) is 0. The zero-order chi connectivity index (χ0) is 18.5. The molecule has 3 rings (SSSR count). The maximum absolute atomic E-state index is 11.1. The van der Waals surface area contributed by atoms with Crippen LogP contribution in [0.1, 0.15) is 16.3 Å². The molecule has 27 heavy (non-hydrogen) atoms. The molecule has 0 atom stereocenters. The van der Waals surface area contributed by atoms with E-state index >= 15 is 0 Å². The van der Waals surface area contributed by atoms with Gasteiger partial charge in [0, 0.05) is 43.9 Å². The molecule has 146 valence electrons. The van der Waals surface area contributed by atoms with Gasteiger partial charge >= 0.3 is 0 Å². The number of nitrogens with zero attached hydrogens (tertiary/aromatic N) is 3. The second kappa shape index (κ2) is 9.84. The van der Waals surface area contributed by atoms with Gasteiger partial charge in [0.1, 0.15) is 5.76 Å². The molecule has 1 aromatic carbocycles. The number of hydrogen-bond acceptors (Lipinski definition) is 4. The summed E-state index contributed by atoms with van der Waals surface area (Å²) in [4.78, 5) is 19.9. The van der Waals surface area contributed by atoms with Gasteiger partial charge in [-0.15, -0.1) is 24.0 Å². The Labute approximate surface area is 180 Å². The number of carbonyl (C=O) groups is 1. The van der Waals surface area contributed by atoms with Crippen LogP contribution in [0, 0.1) is 0 Å². The number of nitrogens with one attached hydrogen (secondary N) is 1. The Morgan fingerprint density at radius 3 is 2.59 bits per heavy atom. The van der Waals surface area contributed by atoms with Crippen molar-refractivity contribution in [1.29, 1.82) is 0 Å². The van der Waals surface area contributed by atoms with E-state index in [9.17, 15) is 4.79 Å². The van der Waals surface area contributed by atoms with E-state index in [0.29, 0.717) is 12.3 Å². The minimum Gasteiger partial charge on any atom is -0.454 e. The fourth-order valence-corrected chi connectivity index (χ4v) is 3.14. The molecule has 0 saturated carbocycles. The van der Waals surface area contributed by atoms with E-state index < -0.39 is 5.91 Å². The molecule has 0 bridgehead atoms. The van der Waals surface area contributed by atoms with Gasteiger partial charge in [-0.25, -0.2) is 0 Å². The molecule has 9 heteroatoms. The molecule has 0 radical (unpaired) electrons. The molecule has 3 N–H and O–H groups in total. The molecule has 1 fully saturated rings. The highest BCUT2D eigenvalue weighted by Gasteiger charge is 2.20. The summed E-state index contributed by atoms with van der Waals surface area (Å²) in [5.41, 5.74) is 6.33. The van der Waals surface area contributed by atoms with Crippen molar-refractivity contribution in [3.05, 3.63) is 52.9 Å². The van der Waals surface area contributed by atoms with Gasteiger partial charge in [-0.05, 0) is 30.3 Å². The van der Waals surface area contributed by atoms with Crippen LogP contribution < -0.4 is 16.0 Å². The van der Waals surface area contributed by atoms with Gasteiger partial charge in [-0.2, -0.15) is 0 Å². The van der Waals surface area contributed by atoms with Crippen molar-refractivity contribution in [1.82, 2.24) is 10.2 Å². The summed E-state index contributed by atoms with van der Waals surface area (Å²) in [6.45, 7) is 3.89. The van der Waals surface area contributed by atoms with E-state index in [2.05, 4.69) is 26.2 Å². The van der Waals surface area contributed by atoms with Crippen LogP contribution in [0.3, 0.4) is 0 Å². The molecule has 1 aliphatic heterocycles. The lowest BCUT2D eigenvalue weighted by Crippen LogP contribution is -2.52. The molecule has 0 unspecified atom stereocenters. The molecule has 7 nitrogen and oxygen atoms in total. The van der Waals surface area contributed by atoms with E-state index in [1.54, 1.807) is 19.2 Å². The van der Waals surface area contributed by atoms with Gasteiger partial charge in [0.2, 0.25) is 0 Å². The Kier molecular flexibility index (Phi) is 7.78. The number of anilines is 1. The molecule has 1 aliphatic rings. The number of furan rings is 1. The minimum atomic E-state index is -0.572. The van der Waals surface area contributed by atoms with Gasteiger partial charge in [0.05, 0.1) is 6.54 Å². The zero-order valence-electron chi connectivity index (χ0n) is 15.0. The number of halogens is 2. The second-order valence-electron chi connectivity index (χ2n) is 5.98. The third-order valence-electron chi connectivity index (χ3n) is 4.29. The highest BCUT2D eigenvalue weighted by Crippen LogP contribution is 2.20. The average molecular weight is 504 g/mol. The SMILES string of the molecule is CN=C(NCc1ccc(C(N)=O)o1)N1CCN(c2cccc(Cl)c2)CC1.I. The van der Waals surface area contributed by atoms with Crippen LogP contribution in [-0.4, -0.2) is 50.0 Å². The lowest BCUT2D eigenvalue weighted by Gasteiger charge is -2.37. The molecule has 0 spiro atoms. The first-order valence-electron chi connectivity index (χ1n) is 8.41. The normalized spacial score (nSPS) is 14.7. The average Bonchev–Trinajstić information content (AvgIpc) is 3.12. The fourth-order valence-electron chi connectivity index (χ4n) is 2.95. The standard InChI is InChI=1S/C18H22ClN5O2.HI/c1-21-18(22-12-15-5-6-16(26-15)17(20)25)24-9-7-23(8-10-24)14-4-2-3-13(19)11-14;/h2-6,11H,7-10,12H2,1H3,(H2,20,25)(H,21,22);1H. The van der Waals surface area contributed by atoms with Crippen molar-refractivity contribution >= 4 is 53.1 Å². The Balaban J connectivity index is 0.00000261. The molecular formula is C18H23ClIN5O2. The fraction of sp³-hybridized carbons (Fsp3) is 0.333. The third-order valence-corrected chi connectivity index (χ3v) is 4.52. The van der Waals surface area contributed by atoms with Crippen LogP contribution in [0.15, 0.2) is 45.8 Å². The van der Waals surface area contributed by atoms with E-state index in [-0.39, 0.29) is 29.7 Å². The number of piperazine rings is 1. The summed E-state index contributed by atoms with van der Waals surface area (Å²) in [6, 6.07) is 11.2. The molecule has 1 saturated heterocycles. The van der Waals surface area contributed by atoms with Crippen molar-refractivity contribution < 1.29 is 9.21 Å². The molecular weight excluding hydrogens is 481 g/mol. The molecule has 1 amide bonds. The van der Waals surface area contributed by atoms with Crippen LogP contribution in [0.25, 0.3) is 0 Å². The predicted octanol–water partition coefficient (Wildman–Crippen LogP) is 2.55. The lowest BCUT2D eigenvalue weighted by molar-refractivity contribution is 0.0972. The Morgan fingerprint density at radius 1 is 1.26 bits per heavy atom. The zero-order valence-corrected chi connectivity index (χ0v) is 18.1. The summed E-state index contributed by atoms with van der Waals surface area (Å²) in [5, 5.41) is 4.01. The number of primary amides is 1. The van der Waals surface area contributed by atoms with Gasteiger partial charge in [0.25, 0.3) is 5.91 Å². The molecule has 2 heterocycles. The van der Waals surface area contributed by atoms with Gasteiger partial charge in [-0.1, -0.05) is 17.7 Å². The summed E-state index contributed by atoms with van der Waals surface area (Å²) >= 11 is 6.08. The molecule has 0 aliphatic carbocycles. The predicted molar refractivity (Wildman–Crippen MR) is 118 cm³/mol. The quantitative estimate of drug-likeness (QED) is 0.380. The maximum Gasteiger partial charge on any atom is 0.284 e. The molecule has 2 aromatic rings. The van der Waals surface area contributed by atoms with E-state index in [4.69, 9.17) is 21.8 Å². The van der Waals surface area contributed by atoms with Crippen molar-refractivity contribution in [3.8, 4) is 0 Å². The van der Waals surface area contributed by atoms with E-state index in [1.165, 1.54) is 0 Å². The second-order valence-corrected chi connectivity index (χ2v) is 6.42.